The van der Waals surface area contributed by atoms with E-state index in [1.54, 1.807) is 27.4 Å². The molecule has 2 N–H and O–H groups in total. The summed E-state index contributed by atoms with van der Waals surface area (Å²) in [7, 11) is 4.81. The van der Waals surface area contributed by atoms with Crippen molar-refractivity contribution in [1.82, 2.24) is 0 Å². The Bertz CT molecular complexity index is 443. The van der Waals surface area contributed by atoms with Gasteiger partial charge in [0.2, 0.25) is 0 Å². The highest BCUT2D eigenvalue weighted by Gasteiger charge is 2.17. The lowest BCUT2D eigenvalue weighted by Crippen LogP contribution is -2.12. The maximum absolute atomic E-state index is 6.23. The molecule has 1 aromatic carbocycles. The Kier molecular flexibility index (Phi) is 5.70. The molecule has 0 aromatic heterocycles. The fourth-order valence-electron chi connectivity index (χ4n) is 1.91. The van der Waals surface area contributed by atoms with E-state index in [-0.39, 0.29) is 6.04 Å². The third kappa shape index (κ3) is 3.64. The van der Waals surface area contributed by atoms with Crippen molar-refractivity contribution in [2.24, 2.45) is 5.73 Å². The molecule has 0 saturated carbocycles. The van der Waals surface area contributed by atoms with E-state index in [9.17, 15) is 0 Å². The van der Waals surface area contributed by atoms with Gasteiger partial charge in [-0.05, 0) is 18.9 Å². The zero-order valence-corrected chi connectivity index (χ0v) is 12.2. The first-order chi connectivity index (χ1) is 9.07. The predicted molar refractivity (Wildman–Crippen MR) is 77.1 cm³/mol. The van der Waals surface area contributed by atoms with E-state index in [1.165, 1.54) is 0 Å². The molecule has 0 saturated heterocycles. The molecule has 0 aliphatic rings. The van der Waals surface area contributed by atoms with Gasteiger partial charge in [0.05, 0.1) is 21.3 Å². The number of methoxy groups -OCH3 is 3. The molecule has 0 amide bonds. The Labute approximate surface area is 115 Å². The molecule has 0 spiro atoms. The van der Waals surface area contributed by atoms with Crippen molar-refractivity contribution in [2.45, 2.75) is 25.8 Å². The van der Waals surface area contributed by atoms with Crippen molar-refractivity contribution in [1.29, 1.82) is 0 Å². The average molecular weight is 265 g/mol. The van der Waals surface area contributed by atoms with Gasteiger partial charge in [0.25, 0.3) is 0 Å². The van der Waals surface area contributed by atoms with Crippen LogP contribution in [0.2, 0.25) is 0 Å². The van der Waals surface area contributed by atoms with Gasteiger partial charge in [-0.15, -0.1) is 0 Å². The van der Waals surface area contributed by atoms with Crippen LogP contribution in [0.1, 0.15) is 31.4 Å². The summed E-state index contributed by atoms with van der Waals surface area (Å²) >= 11 is 0. The lowest BCUT2D eigenvalue weighted by Gasteiger charge is -2.19. The number of ether oxygens (including phenoxy) is 3. The van der Waals surface area contributed by atoms with Crippen LogP contribution in [-0.4, -0.2) is 21.3 Å². The Hall–Kier alpha value is -1.68. The van der Waals surface area contributed by atoms with E-state index < -0.39 is 0 Å². The predicted octanol–water partition coefficient (Wildman–Crippen LogP) is 3.07. The molecule has 0 heterocycles. The third-order valence-corrected chi connectivity index (χ3v) is 3.14. The van der Waals surface area contributed by atoms with E-state index in [4.69, 9.17) is 19.9 Å². The summed E-state index contributed by atoms with van der Waals surface area (Å²) in [6, 6.07) is 3.50. The average Bonchev–Trinajstić information content (AvgIpc) is 2.45. The van der Waals surface area contributed by atoms with Crippen LogP contribution in [0.3, 0.4) is 0 Å². The second-order valence-electron chi connectivity index (χ2n) is 4.36. The molecule has 0 bridgehead atoms. The van der Waals surface area contributed by atoms with Gasteiger partial charge >= 0.3 is 0 Å². The fourth-order valence-corrected chi connectivity index (χ4v) is 1.91. The van der Waals surface area contributed by atoms with Crippen LogP contribution in [0.15, 0.2) is 24.3 Å². The normalized spacial score (nSPS) is 11.8. The molecule has 1 aromatic rings. The van der Waals surface area contributed by atoms with E-state index in [2.05, 4.69) is 13.5 Å². The third-order valence-electron chi connectivity index (χ3n) is 3.14. The van der Waals surface area contributed by atoms with Crippen LogP contribution in [0.25, 0.3) is 0 Å². The molecule has 106 valence electrons. The molecule has 1 unspecified atom stereocenters. The summed E-state index contributed by atoms with van der Waals surface area (Å²) in [5.74, 6) is 1.98. The van der Waals surface area contributed by atoms with Gasteiger partial charge in [-0.25, -0.2) is 0 Å². The lowest BCUT2D eigenvalue weighted by atomic mass is 9.98. The van der Waals surface area contributed by atoms with Gasteiger partial charge in [-0.1, -0.05) is 19.1 Å². The first kappa shape index (κ1) is 15.4. The van der Waals surface area contributed by atoms with Crippen LogP contribution in [-0.2, 0) is 0 Å². The number of benzene rings is 1. The van der Waals surface area contributed by atoms with Gasteiger partial charge in [-0.3, -0.25) is 0 Å². The van der Waals surface area contributed by atoms with Gasteiger partial charge in [0.15, 0.2) is 11.5 Å². The first-order valence-electron chi connectivity index (χ1n) is 6.29. The molecule has 0 fully saturated rings. The Morgan fingerprint density at radius 1 is 1.11 bits per heavy atom. The number of nitrogens with two attached hydrogens (primary N) is 1. The molecular formula is C15H23NO3. The maximum atomic E-state index is 6.23. The largest absolute Gasteiger partial charge is 0.496 e. The van der Waals surface area contributed by atoms with Crippen molar-refractivity contribution >= 4 is 0 Å². The highest BCUT2D eigenvalue weighted by atomic mass is 16.5. The zero-order chi connectivity index (χ0) is 14.4. The smallest absolute Gasteiger partial charge is 0.164 e. The first-order valence-corrected chi connectivity index (χ1v) is 6.29. The van der Waals surface area contributed by atoms with E-state index in [0.717, 1.165) is 24.0 Å². The molecule has 19 heavy (non-hydrogen) atoms. The van der Waals surface area contributed by atoms with Gasteiger partial charge in [0, 0.05) is 17.7 Å². The monoisotopic (exact) mass is 265 g/mol. The van der Waals surface area contributed by atoms with Crippen molar-refractivity contribution in [3.8, 4) is 17.2 Å². The summed E-state index contributed by atoms with van der Waals surface area (Å²) in [5.41, 5.74) is 8.24. The van der Waals surface area contributed by atoms with Crippen LogP contribution >= 0.6 is 0 Å². The zero-order valence-electron chi connectivity index (χ0n) is 12.2. The minimum Gasteiger partial charge on any atom is -0.496 e. The second kappa shape index (κ2) is 7.04. The van der Waals surface area contributed by atoms with Crippen molar-refractivity contribution in [3.05, 3.63) is 29.8 Å². The Balaban J connectivity index is 3.14. The molecule has 4 heteroatoms. The summed E-state index contributed by atoms with van der Waals surface area (Å²) in [5, 5.41) is 0. The second-order valence-corrected chi connectivity index (χ2v) is 4.36. The summed E-state index contributed by atoms with van der Waals surface area (Å²) in [6.45, 7) is 6.06. The summed E-state index contributed by atoms with van der Waals surface area (Å²) in [6.07, 6.45) is 1.64. The van der Waals surface area contributed by atoms with Crippen molar-refractivity contribution in [2.75, 3.05) is 21.3 Å². The summed E-state index contributed by atoms with van der Waals surface area (Å²) < 4.78 is 15.9. The molecule has 0 radical (unpaired) electrons. The van der Waals surface area contributed by atoms with Crippen molar-refractivity contribution in [3.63, 3.8) is 0 Å². The van der Waals surface area contributed by atoms with E-state index in [0.29, 0.717) is 17.2 Å². The Morgan fingerprint density at radius 2 is 1.63 bits per heavy atom. The van der Waals surface area contributed by atoms with Crippen LogP contribution in [0.5, 0.6) is 17.2 Å². The number of rotatable bonds is 7. The minimum absolute atomic E-state index is 0.165. The maximum Gasteiger partial charge on any atom is 0.164 e. The molecule has 1 atom stereocenters. The van der Waals surface area contributed by atoms with Gasteiger partial charge in [-0.2, -0.15) is 0 Å². The topological polar surface area (TPSA) is 53.7 Å². The molecule has 0 aliphatic heterocycles. The Morgan fingerprint density at radius 3 is 2.11 bits per heavy atom. The number of hydrogen-bond donors (Lipinski definition) is 1. The highest BCUT2D eigenvalue weighted by Crippen LogP contribution is 2.38. The molecular weight excluding hydrogens is 242 g/mol. The minimum atomic E-state index is -0.165. The molecule has 1 rings (SSSR count). The van der Waals surface area contributed by atoms with Crippen LogP contribution < -0.4 is 19.9 Å². The van der Waals surface area contributed by atoms with E-state index in [1.807, 2.05) is 6.07 Å². The van der Waals surface area contributed by atoms with Gasteiger partial charge in [0.1, 0.15) is 5.75 Å². The van der Waals surface area contributed by atoms with E-state index >= 15 is 0 Å². The van der Waals surface area contributed by atoms with Crippen LogP contribution in [0.4, 0.5) is 0 Å². The summed E-state index contributed by atoms with van der Waals surface area (Å²) in [4.78, 5) is 0. The lowest BCUT2D eigenvalue weighted by molar-refractivity contribution is 0.346. The van der Waals surface area contributed by atoms with Crippen LogP contribution in [0, 0.1) is 0 Å². The standard InChI is InChI=1S/C15H23NO3/c1-6-10(2)7-12(16)11-8-14(18-4)15(19-5)9-13(11)17-3/h8-9,12H,2,6-7,16H2,1,3-5H3. The molecule has 0 aliphatic carbocycles. The SMILES string of the molecule is C=C(CC)CC(N)c1cc(OC)c(OC)cc1OC. The number of hydrogen-bond acceptors (Lipinski definition) is 4. The van der Waals surface area contributed by atoms with Gasteiger partial charge < -0.3 is 19.9 Å². The quantitative estimate of drug-likeness (QED) is 0.770. The molecule has 4 nitrogen and oxygen atoms in total. The highest BCUT2D eigenvalue weighted by molar-refractivity contribution is 5.52. The fraction of sp³-hybridized carbons (Fsp3) is 0.467. The van der Waals surface area contributed by atoms with Crippen molar-refractivity contribution < 1.29 is 14.2 Å².